The molecule has 5 nitrogen and oxygen atoms in total. The second kappa shape index (κ2) is 9.78. The van der Waals surface area contributed by atoms with Gasteiger partial charge in [0.05, 0.1) is 6.10 Å². The van der Waals surface area contributed by atoms with E-state index < -0.39 is 0 Å². The van der Waals surface area contributed by atoms with Crippen LogP contribution in [-0.2, 0) is 11.2 Å². The molecule has 0 saturated heterocycles. The average molecular weight is 321 g/mol. The van der Waals surface area contributed by atoms with Crippen molar-refractivity contribution in [3.05, 3.63) is 42.5 Å². The van der Waals surface area contributed by atoms with Crippen LogP contribution in [0.4, 0.5) is 0 Å². The average Bonchev–Trinajstić information content (AvgIpc) is 2.49. The number of nitrogens with one attached hydrogen (secondary N) is 3. The second-order valence-corrected chi connectivity index (χ2v) is 5.39. The normalized spacial score (nSPS) is 9.95. The molecule has 0 aliphatic heterocycles. The number of aryl methyl sites for hydroxylation is 1. The van der Waals surface area contributed by atoms with Crippen LogP contribution in [-0.4, -0.2) is 23.7 Å². The van der Waals surface area contributed by atoms with E-state index in [0.29, 0.717) is 24.5 Å². The van der Waals surface area contributed by atoms with E-state index in [2.05, 4.69) is 22.7 Å². The number of hydrogen-bond acceptors (Lipinski definition) is 3. The van der Waals surface area contributed by atoms with Gasteiger partial charge in [-0.15, -0.1) is 6.58 Å². The van der Waals surface area contributed by atoms with Crippen molar-refractivity contribution in [2.45, 2.75) is 32.8 Å². The number of hydrogen-bond donors (Lipinski definition) is 3. The molecule has 1 amide bonds. The first kappa shape index (κ1) is 18.0. The highest BCUT2D eigenvalue weighted by Crippen LogP contribution is 2.14. The Hall–Kier alpha value is -2.08. The number of amides is 1. The van der Waals surface area contributed by atoms with Crippen LogP contribution in [0.15, 0.2) is 36.9 Å². The van der Waals surface area contributed by atoms with Crippen LogP contribution >= 0.6 is 12.2 Å². The van der Waals surface area contributed by atoms with Crippen molar-refractivity contribution in [2.75, 3.05) is 6.54 Å². The van der Waals surface area contributed by atoms with Crippen molar-refractivity contribution < 1.29 is 9.53 Å². The highest BCUT2D eigenvalue weighted by atomic mass is 32.1. The maximum atomic E-state index is 11.7. The van der Waals surface area contributed by atoms with Gasteiger partial charge in [-0.05, 0) is 50.2 Å². The summed E-state index contributed by atoms with van der Waals surface area (Å²) in [6, 6.07) is 7.77. The molecule has 120 valence electrons. The second-order valence-electron chi connectivity index (χ2n) is 4.98. The van der Waals surface area contributed by atoms with Crippen LogP contribution in [0, 0.1) is 0 Å². The summed E-state index contributed by atoms with van der Waals surface area (Å²) in [7, 11) is 0. The molecule has 1 aromatic carbocycles. The standard InChI is InChI=1S/C16H23N3O2S/c1-4-11-17-16(22)19-18-15(20)10-7-13-5-8-14(9-6-13)21-12(2)3/h4-6,8-9,12H,1,7,10-11H2,2-3H3,(H,18,20)(H2,17,19,22). The van der Waals surface area contributed by atoms with E-state index in [-0.39, 0.29) is 12.0 Å². The van der Waals surface area contributed by atoms with Gasteiger partial charge in [0.25, 0.3) is 0 Å². The number of thiocarbonyl (C=S) groups is 1. The zero-order chi connectivity index (χ0) is 16.4. The van der Waals surface area contributed by atoms with Crippen LogP contribution in [0.5, 0.6) is 5.75 Å². The molecule has 0 fully saturated rings. The lowest BCUT2D eigenvalue weighted by molar-refractivity contribution is -0.121. The number of rotatable bonds is 7. The number of carbonyl (C=O) groups is 1. The zero-order valence-electron chi connectivity index (χ0n) is 13.0. The Morgan fingerprint density at radius 1 is 1.32 bits per heavy atom. The minimum atomic E-state index is -0.120. The summed E-state index contributed by atoms with van der Waals surface area (Å²) in [5.41, 5.74) is 6.27. The van der Waals surface area contributed by atoms with Crippen molar-refractivity contribution in [2.24, 2.45) is 0 Å². The summed E-state index contributed by atoms with van der Waals surface area (Å²) in [5.74, 6) is 0.716. The summed E-state index contributed by atoms with van der Waals surface area (Å²) >= 11 is 4.97. The molecule has 0 aliphatic carbocycles. The quantitative estimate of drug-likeness (QED) is 0.408. The molecule has 1 aromatic rings. The summed E-state index contributed by atoms with van der Waals surface area (Å²) in [6.45, 7) is 8.09. The maximum Gasteiger partial charge on any atom is 0.238 e. The zero-order valence-corrected chi connectivity index (χ0v) is 13.8. The topological polar surface area (TPSA) is 62.4 Å². The number of carbonyl (C=O) groups excluding carboxylic acids is 1. The van der Waals surface area contributed by atoms with Crippen LogP contribution < -0.4 is 20.9 Å². The molecule has 22 heavy (non-hydrogen) atoms. The van der Waals surface area contributed by atoms with Gasteiger partial charge in [0.1, 0.15) is 5.75 Å². The van der Waals surface area contributed by atoms with Gasteiger partial charge in [-0.25, -0.2) is 0 Å². The maximum absolute atomic E-state index is 11.7. The van der Waals surface area contributed by atoms with E-state index >= 15 is 0 Å². The van der Waals surface area contributed by atoms with Crippen molar-refractivity contribution >= 4 is 23.2 Å². The highest BCUT2D eigenvalue weighted by Gasteiger charge is 2.03. The predicted octanol–water partition coefficient (Wildman–Crippen LogP) is 2.09. The van der Waals surface area contributed by atoms with Gasteiger partial charge in [-0.1, -0.05) is 18.2 Å². The lowest BCUT2D eigenvalue weighted by atomic mass is 10.1. The van der Waals surface area contributed by atoms with E-state index in [1.165, 1.54) is 0 Å². The van der Waals surface area contributed by atoms with Gasteiger partial charge < -0.3 is 10.1 Å². The third kappa shape index (κ3) is 7.64. The van der Waals surface area contributed by atoms with Crippen molar-refractivity contribution in [3.63, 3.8) is 0 Å². The van der Waals surface area contributed by atoms with E-state index in [1.807, 2.05) is 38.1 Å². The number of ether oxygens (including phenoxy) is 1. The molecule has 0 aromatic heterocycles. The van der Waals surface area contributed by atoms with Gasteiger partial charge in [0.2, 0.25) is 5.91 Å². The van der Waals surface area contributed by atoms with Gasteiger partial charge in [-0.3, -0.25) is 15.6 Å². The lowest BCUT2D eigenvalue weighted by Gasteiger charge is -2.11. The van der Waals surface area contributed by atoms with Gasteiger partial charge >= 0.3 is 0 Å². The van der Waals surface area contributed by atoms with Crippen molar-refractivity contribution in [1.29, 1.82) is 0 Å². The Bertz CT molecular complexity index is 501. The van der Waals surface area contributed by atoms with Crippen LogP contribution in [0.2, 0.25) is 0 Å². The van der Waals surface area contributed by atoms with Crippen LogP contribution in [0.1, 0.15) is 25.8 Å². The molecule has 0 radical (unpaired) electrons. The van der Waals surface area contributed by atoms with Crippen LogP contribution in [0.25, 0.3) is 0 Å². The third-order valence-corrected chi connectivity index (χ3v) is 2.90. The molecule has 0 spiro atoms. The van der Waals surface area contributed by atoms with Crippen molar-refractivity contribution in [1.82, 2.24) is 16.2 Å². The molecule has 0 bridgehead atoms. The fraction of sp³-hybridized carbons (Fsp3) is 0.375. The van der Waals surface area contributed by atoms with Gasteiger partial charge in [0.15, 0.2) is 5.11 Å². The Morgan fingerprint density at radius 2 is 2.00 bits per heavy atom. The molecule has 6 heteroatoms. The van der Waals surface area contributed by atoms with Gasteiger partial charge in [-0.2, -0.15) is 0 Å². The smallest absolute Gasteiger partial charge is 0.238 e. The highest BCUT2D eigenvalue weighted by molar-refractivity contribution is 7.80. The Labute approximate surface area is 137 Å². The third-order valence-electron chi connectivity index (χ3n) is 2.66. The van der Waals surface area contributed by atoms with E-state index in [0.717, 1.165) is 11.3 Å². The minimum absolute atomic E-state index is 0.120. The molecular weight excluding hydrogens is 298 g/mol. The first-order chi connectivity index (χ1) is 10.5. The molecular formula is C16H23N3O2S. The number of hydrazine groups is 1. The molecule has 0 heterocycles. The van der Waals surface area contributed by atoms with Crippen molar-refractivity contribution in [3.8, 4) is 5.75 Å². The monoisotopic (exact) mass is 321 g/mol. The fourth-order valence-electron chi connectivity index (χ4n) is 1.66. The first-order valence-electron chi connectivity index (χ1n) is 7.20. The first-order valence-corrected chi connectivity index (χ1v) is 7.61. The van der Waals surface area contributed by atoms with Gasteiger partial charge in [0, 0.05) is 13.0 Å². The molecule has 0 aliphatic rings. The number of benzene rings is 1. The Kier molecular flexibility index (Phi) is 7.99. The molecule has 3 N–H and O–H groups in total. The summed E-state index contributed by atoms with van der Waals surface area (Å²) in [6.07, 6.45) is 2.87. The van der Waals surface area contributed by atoms with E-state index in [4.69, 9.17) is 17.0 Å². The molecule has 0 unspecified atom stereocenters. The Morgan fingerprint density at radius 3 is 2.59 bits per heavy atom. The minimum Gasteiger partial charge on any atom is -0.491 e. The SMILES string of the molecule is C=CCNC(=S)NNC(=O)CCc1ccc(OC(C)C)cc1. The molecule has 1 rings (SSSR count). The largest absolute Gasteiger partial charge is 0.491 e. The summed E-state index contributed by atoms with van der Waals surface area (Å²) in [4.78, 5) is 11.7. The Balaban J connectivity index is 2.28. The van der Waals surface area contributed by atoms with Crippen LogP contribution in [0.3, 0.4) is 0 Å². The van der Waals surface area contributed by atoms with E-state index in [1.54, 1.807) is 6.08 Å². The lowest BCUT2D eigenvalue weighted by Crippen LogP contribution is -2.46. The molecule has 0 saturated carbocycles. The van der Waals surface area contributed by atoms with E-state index in [9.17, 15) is 4.79 Å². The summed E-state index contributed by atoms with van der Waals surface area (Å²) in [5, 5.41) is 3.22. The molecule has 0 atom stereocenters. The predicted molar refractivity (Wildman–Crippen MR) is 92.6 cm³/mol. The summed E-state index contributed by atoms with van der Waals surface area (Å²) < 4.78 is 5.57. The fourth-order valence-corrected chi connectivity index (χ4v) is 1.80.